The van der Waals surface area contributed by atoms with Crippen molar-refractivity contribution in [3.8, 4) is 0 Å². The van der Waals surface area contributed by atoms with Gasteiger partial charge in [0.05, 0.1) is 11.8 Å². The van der Waals surface area contributed by atoms with Crippen molar-refractivity contribution in [3.63, 3.8) is 0 Å². The molecule has 1 aliphatic rings. The molecule has 0 amide bonds. The third-order valence-electron chi connectivity index (χ3n) is 1.76. The number of hydrogen-bond donors (Lipinski definition) is 1. The van der Waals surface area contributed by atoms with Crippen LogP contribution in [0.2, 0.25) is 0 Å². The van der Waals surface area contributed by atoms with Crippen LogP contribution in [0.15, 0.2) is 11.8 Å². The highest BCUT2D eigenvalue weighted by Crippen LogP contribution is 2.30. The summed E-state index contributed by atoms with van der Waals surface area (Å²) >= 11 is 0. The molecule has 1 heterocycles. The van der Waals surface area contributed by atoms with Gasteiger partial charge in [0.2, 0.25) is 0 Å². The summed E-state index contributed by atoms with van der Waals surface area (Å²) in [4.78, 5) is 0. The zero-order valence-corrected chi connectivity index (χ0v) is 6.61. The van der Waals surface area contributed by atoms with Crippen LogP contribution in [0.5, 0.6) is 0 Å². The first kappa shape index (κ1) is 9.38. The van der Waals surface area contributed by atoms with Crippen LogP contribution in [-0.4, -0.2) is 25.9 Å². The average molecular weight is 181 g/mol. The standard InChI is InChI=1S/C7H10F3NO/c1-11-6-2-5(3-12-4-6)7(8,9)10/h3,6,11H,2,4H2,1H3. The second kappa shape index (κ2) is 3.35. The van der Waals surface area contributed by atoms with Crippen LogP contribution in [-0.2, 0) is 4.74 Å². The van der Waals surface area contributed by atoms with E-state index in [4.69, 9.17) is 0 Å². The van der Waals surface area contributed by atoms with Crippen molar-refractivity contribution >= 4 is 0 Å². The molecular weight excluding hydrogens is 171 g/mol. The highest BCUT2D eigenvalue weighted by atomic mass is 19.4. The zero-order chi connectivity index (χ0) is 9.19. The van der Waals surface area contributed by atoms with E-state index >= 15 is 0 Å². The highest BCUT2D eigenvalue weighted by molar-refractivity contribution is 5.10. The molecule has 0 saturated carbocycles. The second-order valence-corrected chi connectivity index (χ2v) is 2.66. The van der Waals surface area contributed by atoms with Crippen LogP contribution in [0.4, 0.5) is 13.2 Å². The summed E-state index contributed by atoms with van der Waals surface area (Å²) in [5.74, 6) is 0. The Hall–Kier alpha value is -0.710. The first-order valence-electron chi connectivity index (χ1n) is 3.59. The van der Waals surface area contributed by atoms with Gasteiger partial charge in [0, 0.05) is 6.04 Å². The Bertz CT molecular complexity index is 188. The molecule has 1 atom stereocenters. The van der Waals surface area contributed by atoms with E-state index in [0.717, 1.165) is 6.26 Å². The van der Waals surface area contributed by atoms with E-state index in [-0.39, 0.29) is 12.5 Å². The molecule has 0 aromatic carbocycles. The molecule has 70 valence electrons. The zero-order valence-electron chi connectivity index (χ0n) is 6.61. The quantitative estimate of drug-likeness (QED) is 0.660. The summed E-state index contributed by atoms with van der Waals surface area (Å²) in [6, 6.07) is -0.230. The Morgan fingerprint density at radius 2 is 2.25 bits per heavy atom. The van der Waals surface area contributed by atoms with Gasteiger partial charge in [-0.1, -0.05) is 0 Å². The summed E-state index contributed by atoms with van der Waals surface area (Å²) in [6.45, 7) is 0.302. The molecule has 1 rings (SSSR count). The van der Waals surface area contributed by atoms with E-state index in [0.29, 0.717) is 6.61 Å². The lowest BCUT2D eigenvalue weighted by molar-refractivity contribution is -0.1000. The predicted molar refractivity (Wildman–Crippen MR) is 37.6 cm³/mol. The molecule has 0 saturated heterocycles. The van der Waals surface area contributed by atoms with Gasteiger partial charge in [-0.15, -0.1) is 0 Å². The first-order valence-corrected chi connectivity index (χ1v) is 3.59. The van der Waals surface area contributed by atoms with Gasteiger partial charge in [-0.2, -0.15) is 13.2 Å². The van der Waals surface area contributed by atoms with E-state index in [2.05, 4.69) is 10.1 Å². The van der Waals surface area contributed by atoms with Gasteiger partial charge in [-0.3, -0.25) is 0 Å². The van der Waals surface area contributed by atoms with Crippen LogP contribution in [0.25, 0.3) is 0 Å². The fourth-order valence-electron chi connectivity index (χ4n) is 1.01. The maximum atomic E-state index is 12.1. The van der Waals surface area contributed by atoms with Gasteiger partial charge < -0.3 is 10.1 Å². The Morgan fingerprint density at radius 3 is 2.75 bits per heavy atom. The third-order valence-corrected chi connectivity index (χ3v) is 1.76. The first-order chi connectivity index (χ1) is 5.54. The molecule has 0 aliphatic carbocycles. The fourth-order valence-corrected chi connectivity index (χ4v) is 1.01. The molecule has 0 spiro atoms. The Morgan fingerprint density at radius 1 is 1.58 bits per heavy atom. The number of alkyl halides is 3. The van der Waals surface area contributed by atoms with Gasteiger partial charge in [-0.05, 0) is 13.5 Å². The van der Waals surface area contributed by atoms with E-state index in [1.165, 1.54) is 0 Å². The Kier molecular flexibility index (Phi) is 2.62. The van der Waals surface area contributed by atoms with E-state index in [1.807, 2.05) is 0 Å². The van der Waals surface area contributed by atoms with Gasteiger partial charge >= 0.3 is 6.18 Å². The lowest BCUT2D eigenvalue weighted by atomic mass is 10.1. The molecule has 5 heteroatoms. The van der Waals surface area contributed by atoms with E-state index in [1.54, 1.807) is 7.05 Å². The van der Waals surface area contributed by atoms with Crippen LogP contribution in [0.1, 0.15) is 6.42 Å². The van der Waals surface area contributed by atoms with Crippen molar-refractivity contribution < 1.29 is 17.9 Å². The Balaban J connectivity index is 2.61. The molecule has 0 radical (unpaired) electrons. The normalized spacial score (nSPS) is 24.7. The van der Waals surface area contributed by atoms with Gasteiger partial charge in [0.25, 0.3) is 0 Å². The van der Waals surface area contributed by atoms with Gasteiger partial charge in [0.1, 0.15) is 6.61 Å². The van der Waals surface area contributed by atoms with Crippen LogP contribution >= 0.6 is 0 Å². The highest BCUT2D eigenvalue weighted by Gasteiger charge is 2.36. The summed E-state index contributed by atoms with van der Waals surface area (Å²) in [5.41, 5.74) is -0.604. The van der Waals surface area contributed by atoms with Crippen LogP contribution < -0.4 is 5.32 Å². The molecule has 1 N–H and O–H groups in total. The molecule has 0 aromatic heterocycles. The minimum Gasteiger partial charge on any atom is -0.499 e. The number of likely N-dealkylation sites (N-methyl/N-ethyl adjacent to an activating group) is 1. The smallest absolute Gasteiger partial charge is 0.415 e. The molecule has 0 bridgehead atoms. The SMILES string of the molecule is CNC1COC=C(C(F)(F)F)C1. The lowest BCUT2D eigenvalue weighted by Gasteiger charge is -2.23. The van der Waals surface area contributed by atoms with Gasteiger partial charge in [0.15, 0.2) is 0 Å². The largest absolute Gasteiger partial charge is 0.499 e. The van der Waals surface area contributed by atoms with Crippen molar-refractivity contribution in [2.75, 3.05) is 13.7 Å². The maximum Gasteiger partial charge on any atom is 0.415 e. The molecule has 0 aromatic rings. The minimum absolute atomic E-state index is 0.0139. The van der Waals surface area contributed by atoms with Gasteiger partial charge in [-0.25, -0.2) is 0 Å². The number of hydrogen-bond acceptors (Lipinski definition) is 2. The van der Waals surface area contributed by atoms with Crippen molar-refractivity contribution in [1.29, 1.82) is 0 Å². The second-order valence-electron chi connectivity index (χ2n) is 2.66. The molecular formula is C7H10F3NO. The van der Waals surface area contributed by atoms with E-state index < -0.39 is 11.7 Å². The number of halogens is 3. The number of rotatable bonds is 1. The van der Waals surface area contributed by atoms with Crippen molar-refractivity contribution in [1.82, 2.24) is 5.32 Å². The average Bonchev–Trinajstić information content (AvgIpc) is 2.03. The lowest BCUT2D eigenvalue weighted by Crippen LogP contribution is -2.35. The number of ether oxygens (including phenoxy) is 1. The maximum absolute atomic E-state index is 12.1. The summed E-state index contributed by atoms with van der Waals surface area (Å²) in [5, 5.41) is 2.74. The summed E-state index contributed by atoms with van der Waals surface area (Å²) in [7, 11) is 1.62. The Labute approximate surface area is 68.4 Å². The topological polar surface area (TPSA) is 21.3 Å². The minimum atomic E-state index is -4.25. The van der Waals surface area contributed by atoms with Crippen molar-refractivity contribution in [2.45, 2.75) is 18.6 Å². The molecule has 0 fully saturated rings. The third kappa shape index (κ3) is 2.14. The van der Waals surface area contributed by atoms with Crippen molar-refractivity contribution in [3.05, 3.63) is 11.8 Å². The monoisotopic (exact) mass is 181 g/mol. The molecule has 2 nitrogen and oxygen atoms in total. The van der Waals surface area contributed by atoms with Crippen LogP contribution in [0.3, 0.4) is 0 Å². The predicted octanol–water partition coefficient (Wildman–Crippen LogP) is 1.44. The summed E-state index contributed by atoms with van der Waals surface area (Å²) in [6.07, 6.45) is -3.47. The molecule has 12 heavy (non-hydrogen) atoms. The fraction of sp³-hybridized carbons (Fsp3) is 0.714. The number of nitrogens with one attached hydrogen (secondary N) is 1. The van der Waals surface area contributed by atoms with E-state index in [9.17, 15) is 13.2 Å². The van der Waals surface area contributed by atoms with Crippen LogP contribution in [0, 0.1) is 0 Å². The molecule has 1 aliphatic heterocycles. The van der Waals surface area contributed by atoms with Crippen molar-refractivity contribution in [2.24, 2.45) is 0 Å². The molecule has 1 unspecified atom stereocenters. The summed E-state index contributed by atoms with van der Waals surface area (Å²) < 4.78 is 40.9.